The first-order valence-electron chi connectivity index (χ1n) is 5.99. The fourth-order valence-corrected chi connectivity index (χ4v) is 1.81. The van der Waals surface area contributed by atoms with Crippen LogP contribution in [0, 0.1) is 18.3 Å². The van der Waals surface area contributed by atoms with Crippen molar-refractivity contribution >= 4 is 12.0 Å². The van der Waals surface area contributed by atoms with Crippen molar-refractivity contribution < 1.29 is 14.7 Å². The molecule has 0 aromatic heterocycles. The van der Waals surface area contributed by atoms with Gasteiger partial charge in [0.2, 0.25) is 0 Å². The summed E-state index contributed by atoms with van der Waals surface area (Å²) in [5.74, 6) is 1.53. The number of carbonyl (C=O) groups is 2. The molecule has 98 valence electrons. The Morgan fingerprint density at radius 2 is 2.28 bits per heavy atom. The van der Waals surface area contributed by atoms with E-state index >= 15 is 0 Å². The molecule has 0 fully saturated rings. The maximum absolute atomic E-state index is 11.5. The summed E-state index contributed by atoms with van der Waals surface area (Å²) in [6.45, 7) is 0.554. The molecule has 1 rings (SSSR count). The number of hydrogen-bond donors (Lipinski definition) is 3. The number of allylic oxidation sites excluding steroid dienone is 2. The van der Waals surface area contributed by atoms with E-state index in [-0.39, 0.29) is 6.42 Å². The molecule has 18 heavy (non-hydrogen) atoms. The first-order chi connectivity index (χ1) is 8.63. The number of aliphatic carboxylic acids is 1. The van der Waals surface area contributed by atoms with E-state index in [2.05, 4.69) is 28.7 Å². The van der Waals surface area contributed by atoms with Crippen LogP contribution in [0.4, 0.5) is 4.79 Å². The first kappa shape index (κ1) is 14.1. The van der Waals surface area contributed by atoms with Crippen molar-refractivity contribution in [3.63, 3.8) is 0 Å². The lowest BCUT2D eigenvalue weighted by molar-refractivity contribution is -0.139. The van der Waals surface area contributed by atoms with E-state index in [9.17, 15) is 9.59 Å². The Bertz CT molecular complexity index is 371. The summed E-state index contributed by atoms with van der Waals surface area (Å²) in [6, 6.07) is -1.51. The zero-order chi connectivity index (χ0) is 13.4. The Kier molecular flexibility index (Phi) is 5.78. The zero-order valence-corrected chi connectivity index (χ0v) is 10.2. The number of rotatable bonds is 5. The van der Waals surface area contributed by atoms with Gasteiger partial charge in [0.1, 0.15) is 6.04 Å². The molecule has 5 nitrogen and oxygen atoms in total. The molecule has 1 aliphatic rings. The highest BCUT2D eigenvalue weighted by atomic mass is 16.4. The minimum atomic E-state index is -1.12. The summed E-state index contributed by atoms with van der Waals surface area (Å²) < 4.78 is 0. The first-order valence-corrected chi connectivity index (χ1v) is 5.99. The molecule has 0 radical (unpaired) electrons. The van der Waals surface area contributed by atoms with E-state index in [0.717, 1.165) is 19.3 Å². The molecule has 1 aliphatic carbocycles. The van der Waals surface area contributed by atoms with Gasteiger partial charge in [0, 0.05) is 13.0 Å². The molecular formula is C13H18N2O3. The van der Waals surface area contributed by atoms with Crippen LogP contribution in [-0.2, 0) is 4.79 Å². The quantitative estimate of drug-likeness (QED) is 0.505. The third-order valence-corrected chi connectivity index (χ3v) is 2.85. The highest BCUT2D eigenvalue weighted by Gasteiger charge is 2.19. The predicted octanol–water partition coefficient (Wildman–Crippen LogP) is 1.12. The van der Waals surface area contributed by atoms with Crippen LogP contribution in [0.1, 0.15) is 25.7 Å². The minimum Gasteiger partial charge on any atom is -0.480 e. The van der Waals surface area contributed by atoms with E-state index < -0.39 is 18.0 Å². The average Bonchev–Trinajstić information content (AvgIpc) is 2.37. The van der Waals surface area contributed by atoms with Crippen molar-refractivity contribution in [3.05, 3.63) is 12.2 Å². The van der Waals surface area contributed by atoms with E-state index in [4.69, 9.17) is 11.5 Å². The van der Waals surface area contributed by atoms with Crippen molar-refractivity contribution in [2.45, 2.75) is 31.7 Å². The average molecular weight is 250 g/mol. The van der Waals surface area contributed by atoms with Crippen LogP contribution < -0.4 is 10.6 Å². The van der Waals surface area contributed by atoms with Crippen molar-refractivity contribution in [3.8, 4) is 12.3 Å². The van der Waals surface area contributed by atoms with Crippen LogP contribution in [0.25, 0.3) is 0 Å². The molecule has 0 bridgehead atoms. The number of carboxylic acids is 1. The van der Waals surface area contributed by atoms with Crippen molar-refractivity contribution in [2.75, 3.05) is 6.54 Å². The van der Waals surface area contributed by atoms with Gasteiger partial charge in [0.15, 0.2) is 0 Å². The number of carbonyl (C=O) groups excluding carboxylic acids is 1. The summed E-state index contributed by atoms with van der Waals surface area (Å²) >= 11 is 0. The van der Waals surface area contributed by atoms with Crippen molar-refractivity contribution in [1.82, 2.24) is 10.6 Å². The van der Waals surface area contributed by atoms with Gasteiger partial charge in [0.25, 0.3) is 0 Å². The molecule has 0 aromatic carbocycles. The topological polar surface area (TPSA) is 78.4 Å². The molecule has 3 N–H and O–H groups in total. The predicted molar refractivity (Wildman–Crippen MR) is 67.9 cm³/mol. The summed E-state index contributed by atoms with van der Waals surface area (Å²) in [5, 5.41) is 13.9. The molecular weight excluding hydrogens is 232 g/mol. The largest absolute Gasteiger partial charge is 0.480 e. The molecule has 0 heterocycles. The molecule has 0 aliphatic heterocycles. The van der Waals surface area contributed by atoms with Gasteiger partial charge in [-0.3, -0.25) is 0 Å². The number of nitrogens with one attached hydrogen (secondary N) is 2. The highest BCUT2D eigenvalue weighted by molar-refractivity contribution is 5.82. The van der Waals surface area contributed by atoms with Gasteiger partial charge < -0.3 is 15.7 Å². The standard InChI is InChI=1S/C13H18N2O3/c1-2-6-11(12(16)17)15-13(18)14-9-10-7-4-3-5-8-10/h1,3-4,10-11H,5-9H2,(H,16,17)(H2,14,15,18). The van der Waals surface area contributed by atoms with Crippen LogP contribution in [0.3, 0.4) is 0 Å². The monoisotopic (exact) mass is 250 g/mol. The number of carboxylic acid groups (broad SMARTS) is 1. The lowest BCUT2D eigenvalue weighted by Gasteiger charge is -2.19. The Balaban J connectivity index is 2.29. The molecule has 0 spiro atoms. The molecule has 0 saturated carbocycles. The normalized spacial score (nSPS) is 19.6. The third kappa shape index (κ3) is 4.91. The Hall–Kier alpha value is -1.96. The van der Waals surface area contributed by atoms with Crippen molar-refractivity contribution in [2.24, 2.45) is 5.92 Å². The smallest absolute Gasteiger partial charge is 0.327 e. The third-order valence-electron chi connectivity index (χ3n) is 2.85. The second-order valence-electron chi connectivity index (χ2n) is 4.30. The fourth-order valence-electron chi connectivity index (χ4n) is 1.81. The van der Waals surface area contributed by atoms with E-state index in [1.54, 1.807) is 0 Å². The minimum absolute atomic E-state index is 0.0189. The van der Waals surface area contributed by atoms with E-state index in [1.165, 1.54) is 0 Å². The molecule has 2 unspecified atom stereocenters. The van der Waals surface area contributed by atoms with Gasteiger partial charge in [-0.05, 0) is 25.2 Å². The number of amides is 2. The van der Waals surface area contributed by atoms with E-state index in [0.29, 0.717) is 12.5 Å². The Morgan fingerprint density at radius 3 is 2.83 bits per heavy atom. The van der Waals surface area contributed by atoms with Gasteiger partial charge in [-0.1, -0.05) is 12.2 Å². The second kappa shape index (κ2) is 7.38. The second-order valence-corrected chi connectivity index (χ2v) is 4.30. The van der Waals surface area contributed by atoms with Gasteiger partial charge in [-0.25, -0.2) is 9.59 Å². The maximum atomic E-state index is 11.5. The number of hydrogen-bond acceptors (Lipinski definition) is 2. The summed E-state index contributed by atoms with van der Waals surface area (Å²) in [5.41, 5.74) is 0. The number of urea groups is 1. The van der Waals surface area contributed by atoms with Crippen LogP contribution in [0.5, 0.6) is 0 Å². The molecule has 0 aromatic rings. The van der Waals surface area contributed by atoms with Crippen LogP contribution in [0.2, 0.25) is 0 Å². The lowest BCUT2D eigenvalue weighted by Crippen LogP contribution is -2.46. The summed E-state index contributed by atoms with van der Waals surface area (Å²) in [6.07, 6.45) is 12.3. The SMILES string of the molecule is C#CCC(NC(=O)NCC1CC=CCC1)C(=O)O. The lowest BCUT2D eigenvalue weighted by atomic mass is 9.94. The zero-order valence-electron chi connectivity index (χ0n) is 10.2. The van der Waals surface area contributed by atoms with Crippen LogP contribution in [-0.4, -0.2) is 29.7 Å². The highest BCUT2D eigenvalue weighted by Crippen LogP contribution is 2.16. The van der Waals surface area contributed by atoms with Gasteiger partial charge in [-0.2, -0.15) is 0 Å². The van der Waals surface area contributed by atoms with Gasteiger partial charge in [-0.15, -0.1) is 12.3 Å². The summed E-state index contributed by atoms with van der Waals surface area (Å²) in [4.78, 5) is 22.3. The Labute approximate surface area is 107 Å². The Morgan fingerprint density at radius 1 is 1.50 bits per heavy atom. The molecule has 5 heteroatoms. The molecule has 0 saturated heterocycles. The van der Waals surface area contributed by atoms with Gasteiger partial charge >= 0.3 is 12.0 Å². The molecule has 2 amide bonds. The fraction of sp³-hybridized carbons (Fsp3) is 0.538. The van der Waals surface area contributed by atoms with Crippen LogP contribution >= 0.6 is 0 Å². The van der Waals surface area contributed by atoms with Crippen molar-refractivity contribution in [1.29, 1.82) is 0 Å². The summed E-state index contributed by atoms with van der Waals surface area (Å²) in [7, 11) is 0. The number of terminal acetylenes is 1. The van der Waals surface area contributed by atoms with E-state index in [1.807, 2.05) is 0 Å². The van der Waals surface area contributed by atoms with Crippen LogP contribution in [0.15, 0.2) is 12.2 Å². The molecule has 2 atom stereocenters. The maximum Gasteiger partial charge on any atom is 0.327 e. The van der Waals surface area contributed by atoms with Gasteiger partial charge in [0.05, 0.1) is 0 Å².